The van der Waals surface area contributed by atoms with E-state index in [1.165, 1.54) is 18.4 Å². The molecule has 16 heavy (non-hydrogen) atoms. The van der Waals surface area contributed by atoms with E-state index >= 15 is 0 Å². The van der Waals surface area contributed by atoms with Gasteiger partial charge in [-0.15, -0.1) is 0 Å². The average molecular weight is 239 g/mol. The first kappa shape index (κ1) is 11.9. The molecule has 1 aromatic carbocycles. The first-order valence-electron chi connectivity index (χ1n) is 5.88. The summed E-state index contributed by atoms with van der Waals surface area (Å²) in [6.45, 7) is 1.92. The van der Waals surface area contributed by atoms with Crippen molar-refractivity contribution in [3.8, 4) is 0 Å². The molecule has 1 saturated heterocycles. The number of rotatable bonds is 2. The van der Waals surface area contributed by atoms with Crippen molar-refractivity contribution in [1.29, 1.82) is 0 Å². The van der Waals surface area contributed by atoms with Crippen LogP contribution in [0.15, 0.2) is 24.3 Å². The quantitative estimate of drug-likeness (QED) is 0.859. The third-order valence-electron chi connectivity index (χ3n) is 3.52. The van der Waals surface area contributed by atoms with Crippen LogP contribution >= 0.6 is 11.6 Å². The minimum Gasteiger partial charge on any atom is -0.330 e. The van der Waals surface area contributed by atoms with Crippen LogP contribution in [0, 0.1) is 5.92 Å². The lowest BCUT2D eigenvalue weighted by Crippen LogP contribution is -2.39. The second-order valence-electron chi connectivity index (χ2n) is 4.62. The third-order valence-corrected chi connectivity index (χ3v) is 3.77. The molecule has 1 fully saturated rings. The van der Waals surface area contributed by atoms with Crippen LogP contribution in [0.1, 0.15) is 24.4 Å². The third kappa shape index (κ3) is 2.40. The standard InChI is InChI=1S/C13H19ClN2/c1-16-8-2-3-11(9-15)13(16)10-4-6-12(14)7-5-10/h4-7,11,13H,2-3,8-9,15H2,1H3/t11-,13-/m1/s1. The molecule has 0 aliphatic carbocycles. The van der Waals surface area contributed by atoms with Crippen molar-refractivity contribution in [2.24, 2.45) is 11.7 Å². The monoisotopic (exact) mass is 238 g/mol. The van der Waals surface area contributed by atoms with Crippen LogP contribution in [0.2, 0.25) is 5.02 Å². The molecule has 1 heterocycles. The van der Waals surface area contributed by atoms with Gasteiger partial charge in [0.2, 0.25) is 0 Å². The Hall–Kier alpha value is -0.570. The Kier molecular flexibility index (Phi) is 3.85. The van der Waals surface area contributed by atoms with Crippen LogP contribution < -0.4 is 5.73 Å². The number of halogens is 1. The topological polar surface area (TPSA) is 29.3 Å². The zero-order valence-corrected chi connectivity index (χ0v) is 10.5. The predicted molar refractivity (Wildman–Crippen MR) is 68.6 cm³/mol. The molecule has 1 aromatic rings. The molecule has 1 aliphatic rings. The molecule has 3 heteroatoms. The number of hydrogen-bond donors (Lipinski definition) is 1. The molecule has 0 aromatic heterocycles. The highest BCUT2D eigenvalue weighted by atomic mass is 35.5. The van der Waals surface area contributed by atoms with Crippen molar-refractivity contribution < 1.29 is 0 Å². The van der Waals surface area contributed by atoms with Gasteiger partial charge in [-0.05, 0) is 56.6 Å². The van der Waals surface area contributed by atoms with Gasteiger partial charge in [-0.3, -0.25) is 4.90 Å². The van der Waals surface area contributed by atoms with E-state index in [1.54, 1.807) is 0 Å². The van der Waals surface area contributed by atoms with Gasteiger partial charge in [0.25, 0.3) is 0 Å². The van der Waals surface area contributed by atoms with E-state index in [0.29, 0.717) is 12.0 Å². The summed E-state index contributed by atoms with van der Waals surface area (Å²) in [4.78, 5) is 2.41. The van der Waals surface area contributed by atoms with Crippen LogP contribution in [-0.2, 0) is 0 Å². The van der Waals surface area contributed by atoms with Gasteiger partial charge in [0.1, 0.15) is 0 Å². The molecule has 2 nitrogen and oxygen atoms in total. The van der Waals surface area contributed by atoms with E-state index in [-0.39, 0.29) is 0 Å². The van der Waals surface area contributed by atoms with Gasteiger partial charge < -0.3 is 5.73 Å². The minimum absolute atomic E-state index is 0.455. The fourth-order valence-corrected chi connectivity index (χ4v) is 2.82. The predicted octanol–water partition coefficient (Wildman–Crippen LogP) is 2.68. The lowest BCUT2D eigenvalue weighted by molar-refractivity contribution is 0.125. The van der Waals surface area contributed by atoms with Crippen LogP contribution in [0.25, 0.3) is 0 Å². The first-order chi connectivity index (χ1) is 7.72. The Bertz CT molecular complexity index is 336. The summed E-state index contributed by atoms with van der Waals surface area (Å²) in [5, 5.41) is 0.798. The molecular formula is C13H19ClN2. The van der Waals surface area contributed by atoms with E-state index in [9.17, 15) is 0 Å². The van der Waals surface area contributed by atoms with Crippen molar-refractivity contribution in [1.82, 2.24) is 4.90 Å². The van der Waals surface area contributed by atoms with Gasteiger partial charge in [-0.1, -0.05) is 23.7 Å². The molecule has 0 spiro atoms. The van der Waals surface area contributed by atoms with Gasteiger partial charge in [-0.2, -0.15) is 0 Å². The molecule has 2 N–H and O–H groups in total. The number of likely N-dealkylation sites (tertiary alicyclic amines) is 1. The zero-order chi connectivity index (χ0) is 11.5. The molecule has 0 amide bonds. The van der Waals surface area contributed by atoms with E-state index in [4.69, 9.17) is 17.3 Å². The molecule has 0 saturated carbocycles. The summed E-state index contributed by atoms with van der Waals surface area (Å²) >= 11 is 5.92. The number of nitrogens with two attached hydrogens (primary N) is 1. The van der Waals surface area contributed by atoms with Crippen LogP contribution in [0.5, 0.6) is 0 Å². The molecule has 88 valence electrons. The SMILES string of the molecule is CN1CCC[C@H](CN)[C@H]1c1ccc(Cl)cc1. The van der Waals surface area contributed by atoms with Crippen molar-refractivity contribution in [3.05, 3.63) is 34.9 Å². The number of piperidine rings is 1. The van der Waals surface area contributed by atoms with Crippen molar-refractivity contribution in [2.45, 2.75) is 18.9 Å². The fraction of sp³-hybridized carbons (Fsp3) is 0.538. The van der Waals surface area contributed by atoms with Gasteiger partial charge in [0, 0.05) is 11.1 Å². The summed E-state index contributed by atoms with van der Waals surface area (Å²) in [6, 6.07) is 8.63. The van der Waals surface area contributed by atoms with Crippen molar-refractivity contribution in [3.63, 3.8) is 0 Å². The van der Waals surface area contributed by atoms with E-state index < -0.39 is 0 Å². The maximum absolute atomic E-state index is 5.92. The Morgan fingerprint density at radius 3 is 2.69 bits per heavy atom. The summed E-state index contributed by atoms with van der Waals surface area (Å²) in [7, 11) is 2.18. The lowest BCUT2D eigenvalue weighted by Gasteiger charge is -2.39. The molecule has 2 atom stereocenters. The molecule has 1 aliphatic heterocycles. The van der Waals surface area contributed by atoms with Gasteiger partial charge >= 0.3 is 0 Å². The van der Waals surface area contributed by atoms with Crippen molar-refractivity contribution in [2.75, 3.05) is 20.1 Å². The van der Waals surface area contributed by atoms with E-state index in [1.807, 2.05) is 12.1 Å². The van der Waals surface area contributed by atoms with Gasteiger partial charge in [0.05, 0.1) is 0 Å². The zero-order valence-electron chi connectivity index (χ0n) is 9.70. The fourth-order valence-electron chi connectivity index (χ4n) is 2.69. The molecule has 0 radical (unpaired) electrons. The maximum atomic E-state index is 5.92. The van der Waals surface area contributed by atoms with Gasteiger partial charge in [-0.25, -0.2) is 0 Å². The smallest absolute Gasteiger partial charge is 0.0406 e. The van der Waals surface area contributed by atoms with Crippen molar-refractivity contribution >= 4 is 11.6 Å². The molecular weight excluding hydrogens is 220 g/mol. The Morgan fingerprint density at radius 2 is 2.06 bits per heavy atom. The second kappa shape index (κ2) is 5.17. The second-order valence-corrected chi connectivity index (χ2v) is 5.05. The minimum atomic E-state index is 0.455. The summed E-state index contributed by atoms with van der Waals surface area (Å²) < 4.78 is 0. The van der Waals surface area contributed by atoms with Gasteiger partial charge in [0.15, 0.2) is 0 Å². The number of nitrogens with zero attached hydrogens (tertiary/aromatic N) is 1. The first-order valence-corrected chi connectivity index (χ1v) is 6.26. The highest BCUT2D eigenvalue weighted by Gasteiger charge is 2.29. The average Bonchev–Trinajstić information content (AvgIpc) is 2.30. The van der Waals surface area contributed by atoms with Crippen LogP contribution in [0.3, 0.4) is 0 Å². The number of hydrogen-bond acceptors (Lipinski definition) is 2. The Labute approximate surface area is 102 Å². The van der Waals surface area contributed by atoms with Crippen LogP contribution in [-0.4, -0.2) is 25.0 Å². The highest BCUT2D eigenvalue weighted by Crippen LogP contribution is 2.34. The molecule has 0 unspecified atom stereocenters. The summed E-state index contributed by atoms with van der Waals surface area (Å²) in [6.07, 6.45) is 2.48. The van der Waals surface area contributed by atoms with E-state index in [2.05, 4.69) is 24.1 Å². The Balaban J connectivity index is 2.24. The van der Waals surface area contributed by atoms with E-state index in [0.717, 1.165) is 18.1 Å². The molecule has 0 bridgehead atoms. The molecule has 2 rings (SSSR count). The number of benzene rings is 1. The lowest BCUT2D eigenvalue weighted by atomic mass is 9.85. The Morgan fingerprint density at radius 1 is 1.38 bits per heavy atom. The maximum Gasteiger partial charge on any atom is 0.0406 e. The highest BCUT2D eigenvalue weighted by molar-refractivity contribution is 6.30. The van der Waals surface area contributed by atoms with Crippen LogP contribution in [0.4, 0.5) is 0 Å². The summed E-state index contributed by atoms with van der Waals surface area (Å²) in [5.41, 5.74) is 7.21. The largest absolute Gasteiger partial charge is 0.330 e. The normalized spacial score (nSPS) is 26.9. The summed E-state index contributed by atoms with van der Waals surface area (Å²) in [5.74, 6) is 0.569.